The Kier molecular flexibility index (Phi) is 4.54. The maximum atomic E-state index is 11.3. The first kappa shape index (κ1) is 13.5. The van der Waals surface area contributed by atoms with Crippen LogP contribution in [0.3, 0.4) is 0 Å². The molecule has 0 bridgehead atoms. The van der Waals surface area contributed by atoms with Crippen LogP contribution in [0.5, 0.6) is 0 Å². The van der Waals surface area contributed by atoms with Crippen molar-refractivity contribution in [1.82, 2.24) is 0 Å². The second kappa shape index (κ2) is 5.70. The molecule has 0 aromatic heterocycles. The fourth-order valence-corrected chi connectivity index (χ4v) is 1.56. The molecule has 0 saturated heterocycles. The zero-order valence-corrected chi connectivity index (χ0v) is 9.93. The Morgan fingerprint density at radius 2 is 1.41 bits per heavy atom. The smallest absolute Gasteiger partial charge is 0.159 e. The molecular formula is C13H16O4. The van der Waals surface area contributed by atoms with Crippen LogP contribution in [0.2, 0.25) is 0 Å². The Labute approximate surface area is 99.9 Å². The Morgan fingerprint density at radius 3 is 1.71 bits per heavy atom. The van der Waals surface area contributed by atoms with E-state index in [0.29, 0.717) is 16.7 Å². The van der Waals surface area contributed by atoms with Crippen molar-refractivity contribution in [3.05, 3.63) is 34.9 Å². The zero-order valence-electron chi connectivity index (χ0n) is 9.93. The van der Waals surface area contributed by atoms with E-state index in [2.05, 4.69) is 0 Å². The van der Waals surface area contributed by atoms with Crippen molar-refractivity contribution in [3.8, 4) is 0 Å². The summed E-state index contributed by atoms with van der Waals surface area (Å²) in [6, 6.07) is 4.73. The Bertz CT molecular complexity index is 401. The van der Waals surface area contributed by atoms with E-state index < -0.39 is 5.92 Å². The van der Waals surface area contributed by atoms with Gasteiger partial charge in [0.25, 0.3) is 0 Å². The van der Waals surface area contributed by atoms with Crippen molar-refractivity contribution in [2.24, 2.45) is 0 Å². The fourth-order valence-electron chi connectivity index (χ4n) is 1.56. The van der Waals surface area contributed by atoms with Gasteiger partial charge in [-0.05, 0) is 37.6 Å². The van der Waals surface area contributed by atoms with Crippen molar-refractivity contribution in [2.75, 3.05) is 13.2 Å². The van der Waals surface area contributed by atoms with Gasteiger partial charge in [-0.1, -0.05) is 0 Å². The monoisotopic (exact) mass is 236 g/mol. The number of carbonyl (C=O) groups is 2. The Hall–Kier alpha value is -1.52. The third-order valence-electron chi connectivity index (χ3n) is 2.68. The summed E-state index contributed by atoms with van der Waals surface area (Å²) in [5.74, 6) is -0.764. The summed E-state index contributed by atoms with van der Waals surface area (Å²) < 4.78 is 0. The highest BCUT2D eigenvalue weighted by atomic mass is 16.3. The normalized spacial score (nSPS) is 10.6. The second-order valence-electron chi connectivity index (χ2n) is 4.02. The molecule has 1 aromatic rings. The van der Waals surface area contributed by atoms with Crippen LogP contribution in [-0.2, 0) is 0 Å². The van der Waals surface area contributed by atoms with Gasteiger partial charge in [0.05, 0.1) is 13.2 Å². The number of aliphatic hydroxyl groups is 2. The van der Waals surface area contributed by atoms with Gasteiger partial charge < -0.3 is 10.2 Å². The van der Waals surface area contributed by atoms with Gasteiger partial charge >= 0.3 is 0 Å². The van der Waals surface area contributed by atoms with Crippen LogP contribution >= 0.6 is 0 Å². The molecule has 0 fully saturated rings. The molecule has 1 rings (SSSR count). The summed E-state index contributed by atoms with van der Waals surface area (Å²) in [6.45, 7) is 2.37. The van der Waals surface area contributed by atoms with E-state index in [0.717, 1.165) is 0 Å². The lowest BCUT2D eigenvalue weighted by Crippen LogP contribution is -2.11. The average molecular weight is 236 g/mol. The maximum absolute atomic E-state index is 11.3. The molecule has 0 aliphatic rings. The van der Waals surface area contributed by atoms with Crippen LogP contribution in [0.25, 0.3) is 0 Å². The molecule has 0 aliphatic heterocycles. The molecule has 0 atom stereocenters. The van der Waals surface area contributed by atoms with E-state index in [1.54, 1.807) is 12.1 Å². The number of aliphatic hydroxyl groups excluding tert-OH is 2. The topological polar surface area (TPSA) is 74.6 Å². The third kappa shape index (κ3) is 3.22. The van der Waals surface area contributed by atoms with Gasteiger partial charge in [0.1, 0.15) is 0 Å². The lowest BCUT2D eigenvalue weighted by atomic mass is 9.94. The first-order chi connectivity index (χ1) is 7.99. The van der Waals surface area contributed by atoms with Gasteiger partial charge in [-0.25, -0.2) is 0 Å². The van der Waals surface area contributed by atoms with E-state index in [4.69, 9.17) is 10.2 Å². The molecule has 0 heterocycles. The first-order valence-corrected chi connectivity index (χ1v) is 5.38. The fraction of sp³-hybridized carbons (Fsp3) is 0.385. The zero-order chi connectivity index (χ0) is 13.0. The molecule has 0 saturated carbocycles. The van der Waals surface area contributed by atoms with Crippen LogP contribution in [0.15, 0.2) is 18.2 Å². The maximum Gasteiger partial charge on any atom is 0.159 e. The quantitative estimate of drug-likeness (QED) is 0.752. The van der Waals surface area contributed by atoms with Crippen LogP contribution < -0.4 is 0 Å². The predicted molar refractivity (Wildman–Crippen MR) is 63.4 cm³/mol. The van der Waals surface area contributed by atoms with Crippen LogP contribution in [0.4, 0.5) is 0 Å². The van der Waals surface area contributed by atoms with Crippen molar-refractivity contribution < 1.29 is 19.8 Å². The first-order valence-electron chi connectivity index (χ1n) is 5.38. The average Bonchev–Trinajstić information content (AvgIpc) is 2.30. The molecule has 0 unspecified atom stereocenters. The summed E-state index contributed by atoms with van der Waals surface area (Å²) in [4.78, 5) is 22.7. The van der Waals surface area contributed by atoms with Gasteiger partial charge in [0, 0.05) is 17.0 Å². The van der Waals surface area contributed by atoms with Crippen LogP contribution in [0, 0.1) is 0 Å². The van der Waals surface area contributed by atoms with Crippen molar-refractivity contribution in [2.45, 2.75) is 19.8 Å². The molecule has 17 heavy (non-hydrogen) atoms. The van der Waals surface area contributed by atoms with Crippen LogP contribution in [-0.4, -0.2) is 35.0 Å². The highest BCUT2D eigenvalue weighted by molar-refractivity contribution is 5.99. The molecule has 0 radical (unpaired) electrons. The highest BCUT2D eigenvalue weighted by Gasteiger charge is 2.14. The number of benzene rings is 1. The summed E-state index contributed by atoms with van der Waals surface area (Å²) in [7, 11) is 0. The minimum absolute atomic E-state index is 0.149. The molecule has 2 N–H and O–H groups in total. The number of hydrogen-bond acceptors (Lipinski definition) is 4. The Balaban J connectivity index is 3.30. The molecule has 4 heteroatoms. The molecule has 0 spiro atoms. The largest absolute Gasteiger partial charge is 0.396 e. The highest BCUT2D eigenvalue weighted by Crippen LogP contribution is 2.19. The second-order valence-corrected chi connectivity index (χ2v) is 4.02. The minimum Gasteiger partial charge on any atom is -0.396 e. The minimum atomic E-state index is -0.465. The summed E-state index contributed by atoms with van der Waals surface area (Å²) >= 11 is 0. The summed E-state index contributed by atoms with van der Waals surface area (Å²) in [5, 5.41) is 18.2. The Morgan fingerprint density at radius 1 is 1.00 bits per heavy atom. The molecule has 4 nitrogen and oxygen atoms in total. The lowest BCUT2D eigenvalue weighted by Gasteiger charge is -2.13. The van der Waals surface area contributed by atoms with Gasteiger partial charge in [-0.3, -0.25) is 9.59 Å². The molecule has 92 valence electrons. The molecule has 1 aromatic carbocycles. The molecule has 0 aliphatic carbocycles. The standard InChI is InChI=1S/C13H16O4/c1-8(16)10-3-11(9(2)17)5-12(4-10)13(6-14)7-15/h3-5,13-15H,6-7H2,1-2H3. The van der Waals surface area contributed by atoms with E-state index in [9.17, 15) is 9.59 Å². The SMILES string of the molecule is CC(=O)c1cc(C(C)=O)cc(C(CO)CO)c1. The summed E-state index contributed by atoms with van der Waals surface area (Å²) in [6.07, 6.45) is 0. The van der Waals surface area contributed by atoms with Gasteiger partial charge in [-0.15, -0.1) is 0 Å². The van der Waals surface area contributed by atoms with E-state index >= 15 is 0 Å². The number of rotatable bonds is 5. The third-order valence-corrected chi connectivity index (χ3v) is 2.68. The molecular weight excluding hydrogens is 220 g/mol. The number of ketones is 2. The van der Waals surface area contributed by atoms with Gasteiger partial charge in [0.15, 0.2) is 11.6 Å². The van der Waals surface area contributed by atoms with Crippen molar-refractivity contribution >= 4 is 11.6 Å². The van der Waals surface area contributed by atoms with E-state index in [1.165, 1.54) is 19.9 Å². The lowest BCUT2D eigenvalue weighted by molar-refractivity contribution is 0.101. The number of carbonyl (C=O) groups excluding carboxylic acids is 2. The van der Waals surface area contributed by atoms with Crippen molar-refractivity contribution in [1.29, 1.82) is 0 Å². The van der Waals surface area contributed by atoms with E-state index in [-0.39, 0.29) is 24.8 Å². The van der Waals surface area contributed by atoms with Crippen molar-refractivity contribution in [3.63, 3.8) is 0 Å². The number of Topliss-reactive ketones (excluding diaryl/α,β-unsaturated/α-hetero) is 2. The van der Waals surface area contributed by atoms with Gasteiger partial charge in [0.2, 0.25) is 0 Å². The predicted octanol–water partition coefficient (Wildman–Crippen LogP) is 1.16. The summed E-state index contributed by atoms with van der Waals surface area (Å²) in [5.41, 5.74) is 1.44. The number of hydrogen-bond donors (Lipinski definition) is 2. The van der Waals surface area contributed by atoms with E-state index in [1.807, 2.05) is 0 Å². The molecule has 0 amide bonds. The van der Waals surface area contributed by atoms with Gasteiger partial charge in [-0.2, -0.15) is 0 Å². The van der Waals surface area contributed by atoms with Crippen LogP contribution in [0.1, 0.15) is 46.0 Å².